The average molecular weight is 273 g/mol. The van der Waals surface area contributed by atoms with E-state index < -0.39 is 0 Å². The van der Waals surface area contributed by atoms with E-state index >= 15 is 0 Å². The van der Waals surface area contributed by atoms with Crippen molar-refractivity contribution in [3.05, 3.63) is 35.8 Å². The molecule has 0 radical (unpaired) electrons. The Hall–Kier alpha value is -1.35. The molecule has 0 fully saturated rings. The van der Waals surface area contributed by atoms with Crippen LogP contribution in [0.25, 0.3) is 5.65 Å². The SMILES string of the molecule is Cc1nc2ccccn2c1CNCC(C(C)C)C(C)C. The number of aryl methyl sites for hydroxylation is 1. The van der Waals surface area contributed by atoms with Gasteiger partial charge in [0.2, 0.25) is 0 Å². The van der Waals surface area contributed by atoms with Gasteiger partial charge in [0.1, 0.15) is 5.65 Å². The lowest BCUT2D eigenvalue weighted by Gasteiger charge is -2.25. The van der Waals surface area contributed by atoms with Gasteiger partial charge >= 0.3 is 0 Å². The highest BCUT2D eigenvalue weighted by atomic mass is 15.0. The van der Waals surface area contributed by atoms with Gasteiger partial charge in [0.15, 0.2) is 0 Å². The lowest BCUT2D eigenvalue weighted by Crippen LogP contribution is -2.30. The molecule has 3 nitrogen and oxygen atoms in total. The van der Waals surface area contributed by atoms with Crippen molar-refractivity contribution in [3.8, 4) is 0 Å². The topological polar surface area (TPSA) is 29.3 Å². The third kappa shape index (κ3) is 3.21. The molecule has 2 aromatic heterocycles. The Morgan fingerprint density at radius 1 is 1.15 bits per heavy atom. The Morgan fingerprint density at radius 3 is 2.50 bits per heavy atom. The summed E-state index contributed by atoms with van der Waals surface area (Å²) in [5.74, 6) is 2.14. The lowest BCUT2D eigenvalue weighted by atomic mass is 9.85. The first-order valence-electron chi connectivity index (χ1n) is 7.64. The van der Waals surface area contributed by atoms with Gasteiger partial charge in [-0.05, 0) is 43.4 Å². The number of imidazole rings is 1. The molecule has 0 saturated carbocycles. The summed E-state index contributed by atoms with van der Waals surface area (Å²) in [5, 5.41) is 3.62. The summed E-state index contributed by atoms with van der Waals surface area (Å²) in [4.78, 5) is 4.60. The highest BCUT2D eigenvalue weighted by molar-refractivity contribution is 5.42. The van der Waals surface area contributed by atoms with Crippen LogP contribution in [0.5, 0.6) is 0 Å². The molecular weight excluding hydrogens is 246 g/mol. The second kappa shape index (κ2) is 6.40. The minimum atomic E-state index is 0.714. The smallest absolute Gasteiger partial charge is 0.137 e. The molecule has 110 valence electrons. The van der Waals surface area contributed by atoms with Crippen molar-refractivity contribution in [1.82, 2.24) is 14.7 Å². The van der Waals surface area contributed by atoms with Crippen molar-refractivity contribution in [1.29, 1.82) is 0 Å². The number of nitrogens with zero attached hydrogens (tertiary/aromatic N) is 2. The van der Waals surface area contributed by atoms with Crippen LogP contribution in [0.4, 0.5) is 0 Å². The van der Waals surface area contributed by atoms with Crippen LogP contribution in [0.15, 0.2) is 24.4 Å². The molecule has 2 heterocycles. The quantitative estimate of drug-likeness (QED) is 0.870. The molecule has 0 amide bonds. The summed E-state index contributed by atoms with van der Waals surface area (Å²) in [6.45, 7) is 13.3. The molecule has 0 saturated heterocycles. The van der Waals surface area contributed by atoms with E-state index in [9.17, 15) is 0 Å². The molecule has 2 rings (SSSR count). The third-order valence-corrected chi connectivity index (χ3v) is 4.21. The molecule has 0 aliphatic heterocycles. The first kappa shape index (κ1) is 15.0. The van der Waals surface area contributed by atoms with Crippen LogP contribution in [0, 0.1) is 24.7 Å². The van der Waals surface area contributed by atoms with Crippen molar-refractivity contribution in [2.45, 2.75) is 41.2 Å². The molecular formula is C17H27N3. The Labute approximate surface area is 122 Å². The molecule has 1 N–H and O–H groups in total. The monoisotopic (exact) mass is 273 g/mol. The van der Waals surface area contributed by atoms with Gasteiger partial charge in [0.05, 0.1) is 11.4 Å². The van der Waals surface area contributed by atoms with Crippen molar-refractivity contribution >= 4 is 5.65 Å². The Kier molecular flexibility index (Phi) is 4.81. The maximum atomic E-state index is 4.60. The van der Waals surface area contributed by atoms with E-state index in [1.165, 1.54) is 5.69 Å². The predicted octanol–water partition coefficient (Wildman–Crippen LogP) is 3.66. The Balaban J connectivity index is 2.04. The largest absolute Gasteiger partial charge is 0.311 e. The van der Waals surface area contributed by atoms with E-state index in [0.29, 0.717) is 11.8 Å². The number of fused-ring (bicyclic) bond motifs is 1. The van der Waals surface area contributed by atoms with Crippen molar-refractivity contribution < 1.29 is 0 Å². The zero-order valence-corrected chi connectivity index (χ0v) is 13.4. The van der Waals surface area contributed by atoms with E-state index in [0.717, 1.165) is 30.3 Å². The number of aromatic nitrogens is 2. The first-order valence-corrected chi connectivity index (χ1v) is 7.64. The number of nitrogens with one attached hydrogen (secondary N) is 1. The summed E-state index contributed by atoms with van der Waals surface area (Å²) in [6, 6.07) is 6.15. The third-order valence-electron chi connectivity index (χ3n) is 4.21. The fourth-order valence-electron chi connectivity index (χ4n) is 2.98. The van der Waals surface area contributed by atoms with Gasteiger partial charge in [0.25, 0.3) is 0 Å². The van der Waals surface area contributed by atoms with Gasteiger partial charge < -0.3 is 9.72 Å². The van der Waals surface area contributed by atoms with Crippen LogP contribution in [0.3, 0.4) is 0 Å². The van der Waals surface area contributed by atoms with Crippen molar-refractivity contribution in [2.75, 3.05) is 6.54 Å². The average Bonchev–Trinajstić information content (AvgIpc) is 2.69. The van der Waals surface area contributed by atoms with Gasteiger partial charge in [0, 0.05) is 12.7 Å². The fraction of sp³-hybridized carbons (Fsp3) is 0.588. The second-order valence-electron chi connectivity index (χ2n) is 6.36. The minimum absolute atomic E-state index is 0.714. The maximum Gasteiger partial charge on any atom is 0.137 e. The fourth-order valence-corrected chi connectivity index (χ4v) is 2.98. The molecule has 0 unspecified atom stereocenters. The summed E-state index contributed by atoms with van der Waals surface area (Å²) in [7, 11) is 0. The number of hydrogen-bond acceptors (Lipinski definition) is 2. The summed E-state index contributed by atoms with van der Waals surface area (Å²) >= 11 is 0. The highest BCUT2D eigenvalue weighted by Crippen LogP contribution is 2.20. The van der Waals surface area contributed by atoms with E-state index in [1.807, 2.05) is 6.07 Å². The minimum Gasteiger partial charge on any atom is -0.311 e. The van der Waals surface area contributed by atoms with Gasteiger partial charge in [-0.3, -0.25) is 0 Å². The zero-order chi connectivity index (χ0) is 14.7. The van der Waals surface area contributed by atoms with Crippen molar-refractivity contribution in [3.63, 3.8) is 0 Å². The van der Waals surface area contributed by atoms with Crippen LogP contribution >= 0.6 is 0 Å². The number of rotatable bonds is 6. The van der Waals surface area contributed by atoms with E-state index in [2.05, 4.69) is 67.6 Å². The first-order chi connectivity index (χ1) is 9.50. The van der Waals surface area contributed by atoms with Crippen LogP contribution in [-0.2, 0) is 6.54 Å². The number of pyridine rings is 1. The molecule has 0 spiro atoms. The highest BCUT2D eigenvalue weighted by Gasteiger charge is 2.17. The predicted molar refractivity (Wildman–Crippen MR) is 84.8 cm³/mol. The molecule has 3 heteroatoms. The van der Waals surface area contributed by atoms with Gasteiger partial charge in [-0.15, -0.1) is 0 Å². The molecule has 0 aliphatic rings. The van der Waals surface area contributed by atoms with Gasteiger partial charge in [-0.25, -0.2) is 4.98 Å². The lowest BCUT2D eigenvalue weighted by molar-refractivity contribution is 0.275. The molecule has 0 aromatic carbocycles. The number of hydrogen-bond donors (Lipinski definition) is 1. The van der Waals surface area contributed by atoms with Gasteiger partial charge in [-0.1, -0.05) is 33.8 Å². The van der Waals surface area contributed by atoms with Crippen LogP contribution in [-0.4, -0.2) is 15.9 Å². The zero-order valence-electron chi connectivity index (χ0n) is 13.4. The normalized spacial score (nSPS) is 12.2. The van der Waals surface area contributed by atoms with E-state index in [1.54, 1.807) is 0 Å². The molecule has 0 bridgehead atoms. The summed E-state index contributed by atoms with van der Waals surface area (Å²) in [5.41, 5.74) is 3.42. The molecule has 0 atom stereocenters. The Morgan fingerprint density at radius 2 is 1.85 bits per heavy atom. The van der Waals surface area contributed by atoms with Gasteiger partial charge in [-0.2, -0.15) is 0 Å². The molecule has 2 aromatic rings. The van der Waals surface area contributed by atoms with Crippen LogP contribution in [0.1, 0.15) is 39.1 Å². The Bertz CT molecular complexity index is 546. The second-order valence-corrected chi connectivity index (χ2v) is 6.36. The molecule has 0 aliphatic carbocycles. The van der Waals surface area contributed by atoms with E-state index in [4.69, 9.17) is 0 Å². The van der Waals surface area contributed by atoms with Crippen LogP contribution < -0.4 is 5.32 Å². The summed E-state index contributed by atoms with van der Waals surface area (Å²) in [6.07, 6.45) is 2.09. The summed E-state index contributed by atoms with van der Waals surface area (Å²) < 4.78 is 2.18. The maximum absolute atomic E-state index is 4.60. The molecule has 20 heavy (non-hydrogen) atoms. The van der Waals surface area contributed by atoms with E-state index in [-0.39, 0.29) is 0 Å². The van der Waals surface area contributed by atoms with Crippen LogP contribution in [0.2, 0.25) is 0 Å². The standard InChI is InChI=1S/C17H27N3/c1-12(2)15(13(3)4)10-18-11-16-14(5)19-17-8-6-7-9-20(16)17/h6-9,12-13,15,18H,10-11H2,1-5H3. The van der Waals surface area contributed by atoms with Crippen molar-refractivity contribution in [2.24, 2.45) is 17.8 Å².